The lowest BCUT2D eigenvalue weighted by Gasteiger charge is -2.37. The van der Waals surface area contributed by atoms with E-state index in [1.807, 2.05) is 0 Å². The number of halogens is 1. The van der Waals surface area contributed by atoms with Gasteiger partial charge in [-0.15, -0.1) is 0 Å². The van der Waals surface area contributed by atoms with E-state index in [0.717, 1.165) is 5.57 Å². The summed E-state index contributed by atoms with van der Waals surface area (Å²) in [6.07, 6.45) is 2.72. The third kappa shape index (κ3) is 6.30. The number of esters is 1. The zero-order valence-electron chi connectivity index (χ0n) is 15.8. The monoisotopic (exact) mass is 442 g/mol. The lowest BCUT2D eigenvalue weighted by molar-refractivity contribution is -0.147. The highest BCUT2D eigenvalue weighted by molar-refractivity contribution is 8.77. The molecule has 0 aliphatic carbocycles. The number of piperidine rings is 1. The van der Waals surface area contributed by atoms with E-state index in [9.17, 15) is 18.8 Å². The number of aliphatic carboxylic acids is 1. The van der Waals surface area contributed by atoms with Crippen LogP contribution in [0.4, 0.5) is 4.39 Å². The number of ether oxygens (including phenoxy) is 1. The summed E-state index contributed by atoms with van der Waals surface area (Å²) >= 11 is 0. The van der Waals surface area contributed by atoms with Crippen molar-refractivity contribution in [1.82, 2.24) is 4.90 Å². The number of benzene rings is 1. The first kappa shape index (κ1) is 23.4. The van der Waals surface area contributed by atoms with Gasteiger partial charge in [0.15, 0.2) is 0 Å². The Balaban J connectivity index is 2.14. The van der Waals surface area contributed by atoms with Crippen LogP contribution in [-0.2, 0) is 19.1 Å². The average molecular weight is 443 g/mol. The Bertz CT molecular complexity index is 777. The van der Waals surface area contributed by atoms with Crippen LogP contribution in [0.2, 0.25) is 0 Å². The second-order valence-corrected chi connectivity index (χ2v) is 9.01. The molecule has 1 aromatic carbocycles. The Morgan fingerprint density at radius 1 is 1.45 bits per heavy atom. The molecule has 158 valence electrons. The number of hydrogen-bond acceptors (Lipinski definition) is 8. The molecular formula is C19H23FN2O5S2. The molecule has 3 atom stereocenters. The van der Waals surface area contributed by atoms with Gasteiger partial charge in [0, 0.05) is 29.7 Å². The Kier molecular flexibility index (Phi) is 9.15. The number of carboxylic acids is 1. The highest BCUT2D eigenvalue weighted by Crippen LogP contribution is 2.38. The molecule has 0 aromatic heterocycles. The highest BCUT2D eigenvalue weighted by Gasteiger charge is 2.35. The van der Waals surface area contributed by atoms with Gasteiger partial charge in [-0.3, -0.25) is 14.5 Å². The van der Waals surface area contributed by atoms with Crippen molar-refractivity contribution in [3.8, 4) is 0 Å². The maximum Gasteiger partial charge on any atom is 0.327 e. The number of carboxylic acid groups (broad SMARTS) is 1. The smallest absolute Gasteiger partial charge is 0.327 e. The van der Waals surface area contributed by atoms with E-state index in [-0.39, 0.29) is 23.1 Å². The average Bonchev–Trinajstić information content (AvgIpc) is 2.70. The lowest BCUT2D eigenvalue weighted by Crippen LogP contribution is -2.43. The predicted octanol–water partition coefficient (Wildman–Crippen LogP) is 2.03. The summed E-state index contributed by atoms with van der Waals surface area (Å²) in [7, 11) is 4.03. The Hall–Kier alpha value is -1.88. The quantitative estimate of drug-likeness (QED) is 0.257. The Morgan fingerprint density at radius 3 is 2.79 bits per heavy atom. The molecule has 1 aliphatic rings. The zero-order valence-corrected chi connectivity index (χ0v) is 17.5. The molecule has 2 unspecified atom stereocenters. The first-order chi connectivity index (χ1) is 13.9. The SMILES string of the molecule is COC(=O)C(c1ccccc1F)N1CCC(SSC[C@H](N)C(=O)O)/C(=C\C=O)C1. The number of carbonyl (C=O) groups excluding carboxylic acids is 2. The first-order valence-corrected chi connectivity index (χ1v) is 11.2. The van der Waals surface area contributed by atoms with E-state index < -0.39 is 29.8 Å². The first-order valence-electron chi connectivity index (χ1n) is 8.86. The number of rotatable bonds is 9. The molecule has 1 aliphatic heterocycles. The number of allylic oxidation sites excluding steroid dienone is 1. The Labute approximate surface area is 176 Å². The maximum atomic E-state index is 14.3. The van der Waals surface area contributed by atoms with Crippen LogP contribution in [0, 0.1) is 5.82 Å². The number of nitrogens with zero attached hydrogens (tertiary/aromatic N) is 1. The van der Waals surface area contributed by atoms with E-state index >= 15 is 0 Å². The van der Waals surface area contributed by atoms with Gasteiger partial charge in [0.25, 0.3) is 0 Å². The van der Waals surface area contributed by atoms with Crippen molar-refractivity contribution < 1.29 is 28.6 Å². The van der Waals surface area contributed by atoms with Crippen molar-refractivity contribution >= 4 is 39.8 Å². The van der Waals surface area contributed by atoms with Crippen LogP contribution in [0.3, 0.4) is 0 Å². The van der Waals surface area contributed by atoms with Gasteiger partial charge in [0.1, 0.15) is 24.2 Å². The summed E-state index contributed by atoms with van der Waals surface area (Å²) < 4.78 is 19.2. The molecule has 0 spiro atoms. The predicted molar refractivity (Wildman–Crippen MR) is 111 cm³/mol. The zero-order chi connectivity index (χ0) is 21.4. The second kappa shape index (κ2) is 11.3. The number of likely N-dealkylation sites (tertiary alicyclic amines) is 1. The minimum Gasteiger partial charge on any atom is -0.480 e. The van der Waals surface area contributed by atoms with Crippen molar-refractivity contribution in [3.05, 3.63) is 47.3 Å². The maximum absolute atomic E-state index is 14.3. The van der Waals surface area contributed by atoms with Crippen molar-refractivity contribution in [3.63, 3.8) is 0 Å². The molecule has 7 nitrogen and oxygen atoms in total. The van der Waals surface area contributed by atoms with Crippen LogP contribution >= 0.6 is 21.6 Å². The van der Waals surface area contributed by atoms with Crippen molar-refractivity contribution in [2.45, 2.75) is 23.8 Å². The summed E-state index contributed by atoms with van der Waals surface area (Å²) in [5.41, 5.74) is 6.51. The van der Waals surface area contributed by atoms with Gasteiger partial charge in [-0.25, -0.2) is 9.18 Å². The number of carbonyl (C=O) groups is 3. The third-order valence-corrected chi connectivity index (χ3v) is 7.41. The molecule has 0 radical (unpaired) electrons. The largest absolute Gasteiger partial charge is 0.480 e. The van der Waals surface area contributed by atoms with Crippen LogP contribution in [0.25, 0.3) is 0 Å². The fourth-order valence-electron chi connectivity index (χ4n) is 3.01. The summed E-state index contributed by atoms with van der Waals surface area (Å²) in [6, 6.07) is 4.16. The van der Waals surface area contributed by atoms with Crippen LogP contribution in [0.5, 0.6) is 0 Å². The highest BCUT2D eigenvalue weighted by atomic mass is 33.1. The van der Waals surface area contributed by atoms with Crippen LogP contribution in [-0.4, -0.2) is 65.5 Å². The van der Waals surface area contributed by atoms with Gasteiger partial charge < -0.3 is 15.6 Å². The molecule has 10 heteroatoms. The molecule has 0 bridgehead atoms. The van der Waals surface area contributed by atoms with Crippen LogP contribution < -0.4 is 5.73 Å². The molecule has 1 aromatic rings. The molecule has 0 amide bonds. The van der Waals surface area contributed by atoms with E-state index in [4.69, 9.17) is 15.6 Å². The minimum atomic E-state index is -1.07. The lowest BCUT2D eigenvalue weighted by atomic mass is 9.98. The third-order valence-electron chi connectivity index (χ3n) is 4.50. The number of methoxy groups -OCH3 is 1. The number of hydrogen-bond donors (Lipinski definition) is 2. The van der Waals surface area contributed by atoms with E-state index in [1.165, 1.54) is 40.8 Å². The van der Waals surface area contributed by atoms with Crippen LogP contribution in [0.15, 0.2) is 35.9 Å². The fraction of sp³-hybridized carbons (Fsp3) is 0.421. The summed E-state index contributed by atoms with van der Waals surface area (Å²) in [6.45, 7) is 0.767. The fourth-order valence-corrected chi connectivity index (χ4v) is 5.85. The normalized spacial score (nSPS) is 20.8. The standard InChI is InChI=1S/C19H23FN2O5S2/c1-27-19(26)17(13-4-2-3-5-14(13)20)22-8-6-16(12(10-22)7-9-23)29-28-11-15(21)18(24)25/h2-5,7,9,15-17H,6,8,10-11,21H2,1H3,(H,24,25)/b12-7-/t15-,16?,17?/m0/s1. The van der Waals surface area contributed by atoms with Crippen LogP contribution in [0.1, 0.15) is 18.0 Å². The molecular weight excluding hydrogens is 419 g/mol. The molecule has 3 N–H and O–H groups in total. The Morgan fingerprint density at radius 2 is 2.17 bits per heavy atom. The van der Waals surface area contributed by atoms with Gasteiger partial charge in [0.2, 0.25) is 0 Å². The topological polar surface area (TPSA) is 110 Å². The van der Waals surface area contributed by atoms with E-state index in [0.29, 0.717) is 19.3 Å². The van der Waals surface area contributed by atoms with Crippen molar-refractivity contribution in [1.29, 1.82) is 0 Å². The number of aldehydes is 1. The molecule has 0 saturated carbocycles. The van der Waals surface area contributed by atoms with Gasteiger partial charge in [-0.1, -0.05) is 39.8 Å². The van der Waals surface area contributed by atoms with Crippen molar-refractivity contribution in [2.75, 3.05) is 26.0 Å². The van der Waals surface area contributed by atoms with Gasteiger partial charge in [-0.2, -0.15) is 0 Å². The summed E-state index contributed by atoms with van der Waals surface area (Å²) in [5.74, 6) is -1.91. The van der Waals surface area contributed by atoms with Crippen molar-refractivity contribution in [2.24, 2.45) is 5.73 Å². The van der Waals surface area contributed by atoms with Gasteiger partial charge >= 0.3 is 11.9 Å². The summed E-state index contributed by atoms with van der Waals surface area (Å²) in [5, 5.41) is 8.83. The molecule has 1 heterocycles. The molecule has 29 heavy (non-hydrogen) atoms. The van der Waals surface area contributed by atoms with E-state index in [1.54, 1.807) is 23.1 Å². The van der Waals surface area contributed by atoms with Gasteiger partial charge in [-0.05, 0) is 24.1 Å². The van der Waals surface area contributed by atoms with Gasteiger partial charge in [0.05, 0.1) is 7.11 Å². The molecule has 1 fully saturated rings. The van der Waals surface area contributed by atoms with E-state index in [2.05, 4.69) is 0 Å². The second-order valence-electron chi connectivity index (χ2n) is 6.40. The molecule has 2 rings (SSSR count). The minimum absolute atomic E-state index is 0.0404. The molecule has 1 saturated heterocycles. The summed E-state index contributed by atoms with van der Waals surface area (Å²) in [4.78, 5) is 36.2. The number of nitrogens with two attached hydrogens (primary N) is 1.